The molecule has 0 aliphatic heterocycles. The first-order valence-electron chi connectivity index (χ1n) is 10.1. The number of methoxy groups -OCH3 is 1. The van der Waals surface area contributed by atoms with Gasteiger partial charge >= 0.3 is 5.97 Å². The number of halogens is 1. The summed E-state index contributed by atoms with van der Waals surface area (Å²) in [4.78, 5) is 24.9. The lowest BCUT2D eigenvalue weighted by molar-refractivity contribution is -0.114. The van der Waals surface area contributed by atoms with Crippen molar-refractivity contribution in [1.82, 2.24) is 0 Å². The third-order valence-corrected chi connectivity index (χ3v) is 7.02. The number of anilines is 2. The number of nitrogens with one attached hydrogen (secondary N) is 1. The Morgan fingerprint density at radius 3 is 2.33 bits per heavy atom. The van der Waals surface area contributed by atoms with Gasteiger partial charge in [0.15, 0.2) is 0 Å². The molecule has 0 aliphatic rings. The van der Waals surface area contributed by atoms with Crippen LogP contribution in [0.15, 0.2) is 77.7 Å². The Hall–Kier alpha value is -3.36. The Balaban J connectivity index is 1.98. The van der Waals surface area contributed by atoms with Gasteiger partial charge in [-0.25, -0.2) is 13.2 Å². The fraction of sp³-hybridized carbons (Fsp3) is 0.167. The fourth-order valence-electron chi connectivity index (χ4n) is 3.26. The van der Waals surface area contributed by atoms with Gasteiger partial charge in [-0.3, -0.25) is 9.10 Å². The van der Waals surface area contributed by atoms with Gasteiger partial charge in [-0.15, -0.1) is 0 Å². The van der Waals surface area contributed by atoms with Crippen molar-refractivity contribution < 1.29 is 22.7 Å². The monoisotopic (exact) mass is 486 g/mol. The number of aryl methyl sites for hydroxylation is 1. The first-order chi connectivity index (χ1) is 15.8. The topological polar surface area (TPSA) is 92.8 Å². The number of carbonyl (C=O) groups excluding carboxylic acids is 2. The molecule has 7 nitrogen and oxygen atoms in total. The number of nitrogens with zero attached hydrogens (tertiary/aromatic N) is 1. The van der Waals surface area contributed by atoms with E-state index in [-0.39, 0.29) is 21.2 Å². The molecule has 0 aromatic heterocycles. The molecule has 0 aliphatic carbocycles. The van der Waals surface area contributed by atoms with Crippen LogP contribution in [-0.2, 0) is 26.0 Å². The van der Waals surface area contributed by atoms with E-state index in [1.807, 2.05) is 19.1 Å². The van der Waals surface area contributed by atoms with Crippen LogP contribution in [0.25, 0.3) is 0 Å². The molecule has 1 amide bonds. The van der Waals surface area contributed by atoms with Gasteiger partial charge in [0.2, 0.25) is 5.91 Å². The zero-order valence-corrected chi connectivity index (χ0v) is 19.7. The molecule has 33 heavy (non-hydrogen) atoms. The van der Waals surface area contributed by atoms with Crippen LogP contribution in [0.4, 0.5) is 11.4 Å². The molecular weight excluding hydrogens is 464 g/mol. The van der Waals surface area contributed by atoms with Crippen molar-refractivity contribution >= 4 is 44.9 Å². The van der Waals surface area contributed by atoms with Crippen molar-refractivity contribution in [2.24, 2.45) is 0 Å². The molecule has 3 rings (SSSR count). The van der Waals surface area contributed by atoms with Crippen LogP contribution in [0.1, 0.15) is 22.8 Å². The van der Waals surface area contributed by atoms with E-state index in [0.717, 1.165) is 9.87 Å². The average Bonchev–Trinajstić information content (AvgIpc) is 2.83. The Labute approximate surface area is 198 Å². The third-order valence-electron chi connectivity index (χ3n) is 4.92. The number of para-hydroxylation sites is 1. The van der Waals surface area contributed by atoms with E-state index < -0.39 is 28.4 Å². The highest BCUT2D eigenvalue weighted by atomic mass is 35.5. The summed E-state index contributed by atoms with van der Waals surface area (Å²) in [6.07, 6.45) is 0.575. The number of hydrogen-bond acceptors (Lipinski definition) is 5. The third kappa shape index (κ3) is 5.53. The summed E-state index contributed by atoms with van der Waals surface area (Å²) in [5.41, 5.74) is 1.55. The predicted octanol–water partition coefficient (Wildman–Crippen LogP) is 4.52. The van der Waals surface area contributed by atoms with Crippen molar-refractivity contribution in [2.75, 3.05) is 23.3 Å². The number of amides is 1. The van der Waals surface area contributed by atoms with Gasteiger partial charge in [-0.05, 0) is 48.4 Å². The van der Waals surface area contributed by atoms with Gasteiger partial charge in [0.25, 0.3) is 10.0 Å². The van der Waals surface area contributed by atoms with E-state index >= 15 is 0 Å². The molecule has 172 valence electrons. The zero-order chi connectivity index (χ0) is 24.0. The summed E-state index contributed by atoms with van der Waals surface area (Å²) in [6, 6.07) is 19.2. The van der Waals surface area contributed by atoms with Gasteiger partial charge in [0.1, 0.15) is 6.54 Å². The highest BCUT2D eigenvalue weighted by Crippen LogP contribution is 2.28. The van der Waals surface area contributed by atoms with Crippen LogP contribution < -0.4 is 9.62 Å². The number of benzene rings is 3. The van der Waals surface area contributed by atoms with E-state index in [2.05, 4.69) is 5.32 Å². The van der Waals surface area contributed by atoms with Crippen LogP contribution in [0.3, 0.4) is 0 Å². The number of ether oxygens (including phenoxy) is 1. The molecular formula is C24H23ClN2O5S. The molecule has 0 atom stereocenters. The second kappa shape index (κ2) is 10.5. The molecule has 9 heteroatoms. The van der Waals surface area contributed by atoms with Crippen molar-refractivity contribution in [3.63, 3.8) is 0 Å². The second-order valence-corrected chi connectivity index (χ2v) is 9.31. The van der Waals surface area contributed by atoms with Crippen LogP contribution in [0, 0.1) is 0 Å². The minimum atomic E-state index is -4.04. The Morgan fingerprint density at radius 2 is 1.67 bits per heavy atom. The smallest absolute Gasteiger partial charge is 0.337 e. The number of sulfonamides is 1. The van der Waals surface area contributed by atoms with Gasteiger partial charge in [-0.2, -0.15) is 0 Å². The van der Waals surface area contributed by atoms with E-state index in [0.29, 0.717) is 12.1 Å². The zero-order valence-electron chi connectivity index (χ0n) is 18.1. The van der Waals surface area contributed by atoms with Crippen LogP contribution in [0.2, 0.25) is 5.02 Å². The molecule has 3 aromatic carbocycles. The molecule has 0 fully saturated rings. The molecule has 0 spiro atoms. The first-order valence-corrected chi connectivity index (χ1v) is 11.9. The molecule has 0 unspecified atom stereocenters. The molecule has 3 aromatic rings. The lowest BCUT2D eigenvalue weighted by Crippen LogP contribution is -2.38. The van der Waals surface area contributed by atoms with Crippen molar-refractivity contribution in [1.29, 1.82) is 0 Å². The van der Waals surface area contributed by atoms with E-state index in [1.54, 1.807) is 30.3 Å². The molecule has 0 saturated carbocycles. The predicted molar refractivity (Wildman–Crippen MR) is 128 cm³/mol. The maximum absolute atomic E-state index is 13.5. The minimum absolute atomic E-state index is 0.0643. The van der Waals surface area contributed by atoms with Crippen molar-refractivity contribution in [3.8, 4) is 0 Å². The Bertz CT molecular complexity index is 1260. The SMILES string of the molecule is CCc1ccccc1N(CC(=O)Nc1cc(C(=O)OC)ccc1Cl)S(=O)(=O)c1ccccc1. The maximum Gasteiger partial charge on any atom is 0.337 e. The second-order valence-electron chi connectivity index (χ2n) is 7.04. The highest BCUT2D eigenvalue weighted by molar-refractivity contribution is 7.92. The average molecular weight is 487 g/mol. The van der Waals surface area contributed by atoms with Crippen LogP contribution in [-0.4, -0.2) is 33.9 Å². The normalized spacial score (nSPS) is 11.0. The number of rotatable bonds is 8. The minimum Gasteiger partial charge on any atom is -0.465 e. The first kappa shape index (κ1) is 24.3. The Kier molecular flexibility index (Phi) is 7.73. The molecule has 1 N–H and O–H groups in total. The summed E-state index contributed by atoms with van der Waals surface area (Å²) in [5, 5.41) is 2.80. The van der Waals surface area contributed by atoms with Gasteiger partial charge in [0, 0.05) is 0 Å². The fourth-order valence-corrected chi connectivity index (χ4v) is 4.90. The number of hydrogen-bond donors (Lipinski definition) is 1. The number of esters is 1. The van der Waals surface area contributed by atoms with Crippen molar-refractivity contribution in [2.45, 2.75) is 18.2 Å². The summed E-state index contributed by atoms with van der Waals surface area (Å²) >= 11 is 6.18. The van der Waals surface area contributed by atoms with Gasteiger partial charge in [0.05, 0.1) is 34.0 Å². The highest BCUT2D eigenvalue weighted by Gasteiger charge is 2.28. The summed E-state index contributed by atoms with van der Waals surface area (Å²) in [6.45, 7) is 1.41. The van der Waals surface area contributed by atoms with Crippen molar-refractivity contribution in [3.05, 3.63) is 88.9 Å². The summed E-state index contributed by atoms with van der Waals surface area (Å²) < 4.78 is 32.8. The Morgan fingerprint density at radius 1 is 1.00 bits per heavy atom. The lowest BCUT2D eigenvalue weighted by atomic mass is 10.1. The molecule has 0 radical (unpaired) electrons. The lowest BCUT2D eigenvalue weighted by Gasteiger charge is -2.26. The summed E-state index contributed by atoms with van der Waals surface area (Å²) in [7, 11) is -2.80. The summed E-state index contributed by atoms with van der Waals surface area (Å²) in [5.74, 6) is -1.21. The molecule has 0 bridgehead atoms. The van der Waals surface area contributed by atoms with Gasteiger partial charge in [-0.1, -0.05) is 54.9 Å². The largest absolute Gasteiger partial charge is 0.465 e. The molecule has 0 heterocycles. The quantitative estimate of drug-likeness (QED) is 0.472. The van der Waals surface area contributed by atoms with Crippen LogP contribution >= 0.6 is 11.6 Å². The van der Waals surface area contributed by atoms with Crippen LogP contribution in [0.5, 0.6) is 0 Å². The van der Waals surface area contributed by atoms with E-state index in [9.17, 15) is 18.0 Å². The standard InChI is InChI=1S/C24H23ClN2O5S/c1-3-17-9-7-8-12-22(17)27(33(30,31)19-10-5-4-6-11-19)16-23(28)26-21-15-18(24(29)32-2)13-14-20(21)25/h4-15H,3,16H2,1-2H3,(H,26,28). The van der Waals surface area contributed by atoms with E-state index in [4.69, 9.17) is 16.3 Å². The van der Waals surface area contributed by atoms with Gasteiger partial charge < -0.3 is 10.1 Å². The number of carbonyl (C=O) groups is 2. The molecule has 0 saturated heterocycles. The maximum atomic E-state index is 13.5. The van der Waals surface area contributed by atoms with E-state index in [1.165, 1.54) is 37.4 Å².